The van der Waals surface area contributed by atoms with Gasteiger partial charge in [0.1, 0.15) is 5.75 Å². The smallest absolute Gasteiger partial charge is 0.333 e. The van der Waals surface area contributed by atoms with Crippen LogP contribution >= 0.6 is 0 Å². The van der Waals surface area contributed by atoms with E-state index in [0.29, 0.717) is 25.4 Å². The van der Waals surface area contributed by atoms with Crippen molar-refractivity contribution in [2.24, 2.45) is 11.8 Å². The number of benzene rings is 1. The van der Waals surface area contributed by atoms with E-state index in [4.69, 9.17) is 23.1 Å². The summed E-state index contributed by atoms with van der Waals surface area (Å²) < 4.78 is 31.8. The zero-order chi connectivity index (χ0) is 31.4. The highest BCUT2D eigenvalue weighted by Gasteiger charge is 2.58. The van der Waals surface area contributed by atoms with Gasteiger partial charge in [0.25, 0.3) is 0 Å². The molecule has 1 fully saturated rings. The van der Waals surface area contributed by atoms with Gasteiger partial charge in [0.2, 0.25) is 0 Å². The fourth-order valence-corrected chi connectivity index (χ4v) is 8.02. The molecular formula is C33H58O6Si2. The van der Waals surface area contributed by atoms with Crippen LogP contribution in [0.2, 0.25) is 36.3 Å². The van der Waals surface area contributed by atoms with Crippen molar-refractivity contribution in [2.45, 2.75) is 123 Å². The lowest BCUT2D eigenvalue weighted by Gasteiger charge is -2.47. The maximum absolute atomic E-state index is 12.9. The van der Waals surface area contributed by atoms with Crippen molar-refractivity contribution in [3.8, 4) is 5.75 Å². The van der Waals surface area contributed by atoms with Crippen LogP contribution in [-0.2, 0) is 29.7 Å². The van der Waals surface area contributed by atoms with E-state index < -0.39 is 22.2 Å². The molecule has 4 atom stereocenters. The Hall–Kier alpha value is -1.46. The molecule has 1 aromatic carbocycles. The molecule has 41 heavy (non-hydrogen) atoms. The van der Waals surface area contributed by atoms with E-state index in [0.717, 1.165) is 17.7 Å². The summed E-state index contributed by atoms with van der Waals surface area (Å²) in [5.41, 5.74) is 1.02. The molecule has 2 rings (SSSR count). The molecule has 234 valence electrons. The highest BCUT2D eigenvalue weighted by Crippen LogP contribution is 2.52. The molecule has 0 spiro atoms. The van der Waals surface area contributed by atoms with Crippen LogP contribution in [-0.4, -0.2) is 54.6 Å². The molecule has 0 N–H and O–H groups in total. The number of hydrogen-bond donors (Lipinski definition) is 0. The second-order valence-electron chi connectivity index (χ2n) is 14.9. The Morgan fingerprint density at radius 1 is 1.00 bits per heavy atom. The Morgan fingerprint density at radius 3 is 2.05 bits per heavy atom. The first-order chi connectivity index (χ1) is 18.7. The normalized spacial score (nSPS) is 24.4. The van der Waals surface area contributed by atoms with Crippen molar-refractivity contribution in [3.63, 3.8) is 0 Å². The van der Waals surface area contributed by atoms with Crippen molar-refractivity contribution in [3.05, 3.63) is 41.5 Å². The molecule has 0 bridgehead atoms. The molecule has 1 aromatic rings. The maximum Gasteiger partial charge on any atom is 0.333 e. The number of esters is 1. The van der Waals surface area contributed by atoms with Gasteiger partial charge in [0, 0.05) is 11.5 Å². The molecule has 0 heterocycles. The number of carbonyl (C=O) groups excluding carboxylic acids is 1. The minimum atomic E-state index is -2.26. The number of carbonyl (C=O) groups is 1. The first-order valence-electron chi connectivity index (χ1n) is 15.1. The predicted octanol–water partition coefficient (Wildman–Crippen LogP) is 8.53. The van der Waals surface area contributed by atoms with Gasteiger partial charge in [-0.05, 0) is 80.1 Å². The van der Waals surface area contributed by atoms with Crippen molar-refractivity contribution >= 4 is 22.6 Å². The van der Waals surface area contributed by atoms with Gasteiger partial charge < -0.3 is 23.1 Å². The van der Waals surface area contributed by atoms with Gasteiger partial charge >= 0.3 is 5.97 Å². The molecule has 1 aliphatic rings. The average Bonchev–Trinajstić information content (AvgIpc) is 3.07. The van der Waals surface area contributed by atoms with Gasteiger partial charge in [-0.2, -0.15) is 0 Å². The molecular weight excluding hydrogens is 549 g/mol. The molecule has 0 aromatic heterocycles. The van der Waals surface area contributed by atoms with Crippen LogP contribution in [0.15, 0.2) is 35.9 Å². The largest absolute Gasteiger partial charge is 0.497 e. The third kappa shape index (κ3) is 8.79. The van der Waals surface area contributed by atoms with Gasteiger partial charge in [0.05, 0.1) is 38.6 Å². The van der Waals surface area contributed by atoms with Crippen LogP contribution in [0.5, 0.6) is 5.75 Å². The minimum absolute atomic E-state index is 0.00203. The van der Waals surface area contributed by atoms with E-state index in [1.807, 2.05) is 38.1 Å². The second-order valence-corrected chi connectivity index (χ2v) is 24.4. The van der Waals surface area contributed by atoms with Crippen molar-refractivity contribution in [1.82, 2.24) is 0 Å². The van der Waals surface area contributed by atoms with Crippen LogP contribution in [0.4, 0.5) is 0 Å². The predicted molar refractivity (Wildman–Crippen MR) is 173 cm³/mol. The van der Waals surface area contributed by atoms with Crippen LogP contribution in [0, 0.1) is 11.8 Å². The topological polar surface area (TPSA) is 63.2 Å². The molecule has 6 nitrogen and oxygen atoms in total. The number of ether oxygens (including phenoxy) is 3. The highest BCUT2D eigenvalue weighted by molar-refractivity contribution is 6.74. The molecule has 0 radical (unpaired) electrons. The maximum atomic E-state index is 12.9. The van der Waals surface area contributed by atoms with Gasteiger partial charge in [0.15, 0.2) is 16.6 Å². The van der Waals surface area contributed by atoms with Crippen LogP contribution < -0.4 is 4.74 Å². The minimum Gasteiger partial charge on any atom is -0.497 e. The summed E-state index contributed by atoms with van der Waals surface area (Å²) in [7, 11) is -2.73. The fraction of sp³-hybridized carbons (Fsp3) is 0.727. The van der Waals surface area contributed by atoms with Crippen LogP contribution in [0.1, 0.15) is 74.3 Å². The summed E-state index contributed by atoms with van der Waals surface area (Å²) in [6.07, 6.45) is 2.76. The summed E-state index contributed by atoms with van der Waals surface area (Å²) >= 11 is 0. The van der Waals surface area contributed by atoms with E-state index in [1.54, 1.807) is 7.11 Å². The van der Waals surface area contributed by atoms with Gasteiger partial charge in [-0.25, -0.2) is 4.79 Å². The second kappa shape index (κ2) is 13.5. The summed E-state index contributed by atoms with van der Waals surface area (Å²) in [4.78, 5) is 12.9. The van der Waals surface area contributed by atoms with Crippen LogP contribution in [0.25, 0.3) is 0 Å². The monoisotopic (exact) mass is 606 g/mol. The Kier molecular flexibility index (Phi) is 11.7. The molecule has 1 saturated carbocycles. The van der Waals surface area contributed by atoms with E-state index in [9.17, 15) is 4.79 Å². The first-order valence-corrected chi connectivity index (χ1v) is 21.0. The van der Waals surface area contributed by atoms with Gasteiger partial charge in [-0.15, -0.1) is 0 Å². The Bertz CT molecular complexity index is 1040. The number of rotatable bonds is 12. The van der Waals surface area contributed by atoms with Crippen molar-refractivity contribution < 1.29 is 27.9 Å². The van der Waals surface area contributed by atoms with E-state index in [2.05, 4.69) is 80.7 Å². The summed E-state index contributed by atoms with van der Waals surface area (Å²) in [5.74, 6) is 0.579. The zero-order valence-corrected chi connectivity index (χ0v) is 30.4. The van der Waals surface area contributed by atoms with E-state index in [-0.39, 0.29) is 34.0 Å². The summed E-state index contributed by atoms with van der Waals surface area (Å²) in [5, 5.41) is 0.0512. The Morgan fingerprint density at radius 2 is 1.56 bits per heavy atom. The summed E-state index contributed by atoms with van der Waals surface area (Å²) in [6.45, 7) is 29.9. The molecule has 0 aliphatic heterocycles. The SMILES string of the molecule is CCOC(=O)/C(C)=C/[C@H]1[C@H](O[Si](C)(C)C(C)(C)C)[C@@H](C)C[C@@]1(COCc1ccc(OC)cc1)O[Si](C)(C)C(C)(C)C. The third-order valence-corrected chi connectivity index (χ3v) is 18.5. The Balaban J connectivity index is 2.61. The molecule has 8 heteroatoms. The van der Waals surface area contributed by atoms with E-state index >= 15 is 0 Å². The Labute approximate surface area is 252 Å². The van der Waals surface area contributed by atoms with Gasteiger partial charge in [-0.3, -0.25) is 0 Å². The van der Waals surface area contributed by atoms with Crippen molar-refractivity contribution in [1.29, 1.82) is 0 Å². The molecule has 1 aliphatic carbocycles. The standard InChI is InChI=1S/C33H58O6Si2/c1-15-37-30(34)24(2)20-28-29(38-40(11,12)31(4,5)6)25(3)21-33(28,39-41(13,14)32(7,8)9)23-36-22-26-16-18-27(35-10)19-17-26/h16-20,25,28-29H,15,21-23H2,1-14H3/b24-20+/t25-,28-,29+,33-/m0/s1. The molecule has 0 amide bonds. The average molecular weight is 607 g/mol. The van der Waals surface area contributed by atoms with Crippen LogP contribution in [0.3, 0.4) is 0 Å². The lowest BCUT2D eigenvalue weighted by Crippen LogP contribution is -2.55. The number of methoxy groups -OCH3 is 1. The molecule has 0 saturated heterocycles. The molecule has 0 unspecified atom stereocenters. The zero-order valence-electron chi connectivity index (χ0n) is 28.4. The first kappa shape index (κ1) is 35.7. The summed E-state index contributed by atoms with van der Waals surface area (Å²) in [6, 6.07) is 7.97. The van der Waals surface area contributed by atoms with Gasteiger partial charge in [-0.1, -0.05) is 66.7 Å². The van der Waals surface area contributed by atoms with Crippen molar-refractivity contribution in [2.75, 3.05) is 20.3 Å². The fourth-order valence-electron chi connectivity index (χ4n) is 5.00. The lowest BCUT2D eigenvalue weighted by atomic mass is 9.88. The van der Waals surface area contributed by atoms with E-state index in [1.165, 1.54) is 0 Å². The number of hydrogen-bond acceptors (Lipinski definition) is 6. The highest BCUT2D eigenvalue weighted by atomic mass is 28.4. The lowest BCUT2D eigenvalue weighted by molar-refractivity contribution is -0.138. The third-order valence-electron chi connectivity index (χ3n) is 9.49. The quantitative estimate of drug-likeness (QED) is 0.135.